The van der Waals surface area contributed by atoms with Crippen LogP contribution in [0.4, 0.5) is 0 Å². The highest BCUT2D eigenvalue weighted by atomic mass is 79.9. The van der Waals surface area contributed by atoms with Crippen LogP contribution >= 0.6 is 15.9 Å². The van der Waals surface area contributed by atoms with Crippen molar-refractivity contribution in [2.75, 3.05) is 6.61 Å². The predicted molar refractivity (Wildman–Crippen MR) is 94.6 cm³/mol. The van der Waals surface area contributed by atoms with E-state index in [0.717, 1.165) is 15.6 Å². The van der Waals surface area contributed by atoms with Crippen LogP contribution in [0.15, 0.2) is 53.0 Å². The lowest BCUT2D eigenvalue weighted by Gasteiger charge is -2.07. The summed E-state index contributed by atoms with van der Waals surface area (Å²) in [6.07, 6.45) is 4.06. The Balaban J connectivity index is 1.99. The molecular formula is C19H19BrO2. The Labute approximate surface area is 139 Å². The third kappa shape index (κ3) is 5.15. The van der Waals surface area contributed by atoms with Gasteiger partial charge in [-0.05, 0) is 41.3 Å². The van der Waals surface area contributed by atoms with Crippen LogP contribution in [-0.4, -0.2) is 12.6 Å². The maximum Gasteiger partial charge on any atom is 0.338 e. The van der Waals surface area contributed by atoms with Crippen molar-refractivity contribution >= 4 is 34.1 Å². The Bertz CT molecular complexity index is 640. The molecule has 0 aliphatic rings. The molecule has 0 atom stereocenters. The lowest BCUT2D eigenvalue weighted by atomic mass is 10.1. The van der Waals surface area contributed by atoms with Gasteiger partial charge in [0.1, 0.15) is 0 Å². The first kappa shape index (κ1) is 16.5. The highest BCUT2D eigenvalue weighted by molar-refractivity contribution is 9.10. The van der Waals surface area contributed by atoms with Gasteiger partial charge in [0, 0.05) is 4.47 Å². The summed E-state index contributed by atoms with van der Waals surface area (Å²) in [7, 11) is 0. The zero-order valence-corrected chi connectivity index (χ0v) is 14.3. The molecule has 0 amide bonds. The third-order valence-electron chi connectivity index (χ3n) is 3.03. The Morgan fingerprint density at radius 1 is 1.00 bits per heavy atom. The largest absolute Gasteiger partial charge is 0.462 e. The summed E-state index contributed by atoms with van der Waals surface area (Å²) >= 11 is 3.42. The number of benzene rings is 2. The maximum absolute atomic E-state index is 11.8. The second-order valence-electron chi connectivity index (χ2n) is 5.50. The molecule has 0 aliphatic heterocycles. The van der Waals surface area contributed by atoms with Crippen LogP contribution in [0.25, 0.3) is 12.2 Å². The Morgan fingerprint density at radius 3 is 2.00 bits per heavy atom. The van der Waals surface area contributed by atoms with Gasteiger partial charge in [0.2, 0.25) is 0 Å². The summed E-state index contributed by atoms with van der Waals surface area (Å²) in [5.41, 5.74) is 2.76. The summed E-state index contributed by atoms with van der Waals surface area (Å²) in [6, 6.07) is 15.5. The van der Waals surface area contributed by atoms with Gasteiger partial charge >= 0.3 is 5.97 Å². The molecule has 0 radical (unpaired) electrons. The minimum absolute atomic E-state index is 0.267. The molecule has 3 heteroatoms. The number of halogens is 1. The average Bonchev–Trinajstić information content (AvgIpc) is 2.52. The third-order valence-corrected chi connectivity index (χ3v) is 3.56. The van der Waals surface area contributed by atoms with E-state index in [-0.39, 0.29) is 5.97 Å². The summed E-state index contributed by atoms with van der Waals surface area (Å²) in [6.45, 7) is 4.48. The highest BCUT2D eigenvalue weighted by Crippen LogP contribution is 2.14. The summed E-state index contributed by atoms with van der Waals surface area (Å²) in [4.78, 5) is 11.8. The molecule has 2 aromatic carbocycles. The molecule has 0 bridgehead atoms. The maximum atomic E-state index is 11.8. The van der Waals surface area contributed by atoms with Crippen molar-refractivity contribution < 1.29 is 9.53 Å². The molecule has 0 saturated carbocycles. The molecule has 0 N–H and O–H groups in total. The molecular weight excluding hydrogens is 340 g/mol. The van der Waals surface area contributed by atoms with Gasteiger partial charge in [0.25, 0.3) is 0 Å². The first-order chi connectivity index (χ1) is 10.5. The molecule has 2 rings (SSSR count). The van der Waals surface area contributed by atoms with Crippen LogP contribution in [0.5, 0.6) is 0 Å². The number of hydrogen-bond acceptors (Lipinski definition) is 2. The van der Waals surface area contributed by atoms with E-state index >= 15 is 0 Å². The molecule has 22 heavy (non-hydrogen) atoms. The van der Waals surface area contributed by atoms with Crippen LogP contribution in [0.1, 0.15) is 35.3 Å². The lowest BCUT2D eigenvalue weighted by molar-refractivity contribution is 0.0459. The van der Waals surface area contributed by atoms with Crippen LogP contribution in [0, 0.1) is 5.92 Å². The Kier molecular flexibility index (Phi) is 5.96. The van der Waals surface area contributed by atoms with Crippen LogP contribution in [-0.2, 0) is 4.74 Å². The van der Waals surface area contributed by atoms with Crippen molar-refractivity contribution in [3.05, 3.63) is 69.7 Å². The molecule has 0 heterocycles. The first-order valence-corrected chi connectivity index (χ1v) is 8.05. The monoisotopic (exact) mass is 358 g/mol. The smallest absolute Gasteiger partial charge is 0.338 e. The number of carbonyl (C=O) groups excluding carboxylic acids is 1. The fraction of sp³-hybridized carbons (Fsp3) is 0.211. The van der Waals surface area contributed by atoms with Gasteiger partial charge in [-0.25, -0.2) is 4.79 Å². The zero-order chi connectivity index (χ0) is 15.9. The van der Waals surface area contributed by atoms with Crippen LogP contribution < -0.4 is 0 Å². The number of carbonyl (C=O) groups is 1. The molecule has 2 aromatic rings. The van der Waals surface area contributed by atoms with E-state index in [2.05, 4.69) is 15.9 Å². The highest BCUT2D eigenvalue weighted by Gasteiger charge is 2.07. The summed E-state index contributed by atoms with van der Waals surface area (Å²) in [5.74, 6) is 0.0780. The standard InChI is InChI=1S/C19H19BrO2/c1-14(2)13-22-19(21)17-9-5-15(6-10-17)3-4-16-7-11-18(20)12-8-16/h3-12,14H,13H2,1-2H3. The molecule has 0 unspecified atom stereocenters. The van der Waals surface area contributed by atoms with Gasteiger partial charge in [-0.15, -0.1) is 0 Å². The Hall–Kier alpha value is -1.87. The van der Waals surface area contributed by atoms with Crippen LogP contribution in [0.2, 0.25) is 0 Å². The quantitative estimate of drug-likeness (QED) is 0.525. The van der Waals surface area contributed by atoms with Crippen LogP contribution in [0.3, 0.4) is 0 Å². The van der Waals surface area contributed by atoms with Gasteiger partial charge in [0.05, 0.1) is 12.2 Å². The molecule has 114 valence electrons. The lowest BCUT2D eigenvalue weighted by Crippen LogP contribution is -2.09. The van der Waals surface area contributed by atoms with E-state index in [4.69, 9.17) is 4.74 Å². The van der Waals surface area contributed by atoms with E-state index in [1.807, 2.05) is 62.4 Å². The van der Waals surface area contributed by atoms with Crippen molar-refractivity contribution in [2.45, 2.75) is 13.8 Å². The fourth-order valence-corrected chi connectivity index (χ4v) is 2.09. The number of ether oxygens (including phenoxy) is 1. The molecule has 0 spiro atoms. The van der Waals surface area contributed by atoms with Gasteiger partial charge in [0.15, 0.2) is 0 Å². The van der Waals surface area contributed by atoms with E-state index in [1.54, 1.807) is 12.1 Å². The SMILES string of the molecule is CC(C)COC(=O)c1ccc(C=Cc2ccc(Br)cc2)cc1. The molecule has 0 aromatic heterocycles. The van der Waals surface area contributed by atoms with Crippen molar-refractivity contribution in [3.8, 4) is 0 Å². The fourth-order valence-electron chi connectivity index (χ4n) is 1.82. The first-order valence-electron chi connectivity index (χ1n) is 7.25. The molecule has 0 saturated heterocycles. The molecule has 0 fully saturated rings. The van der Waals surface area contributed by atoms with Gasteiger partial charge in [-0.3, -0.25) is 0 Å². The predicted octanol–water partition coefficient (Wildman–Crippen LogP) is 5.43. The normalized spacial score (nSPS) is 11.1. The van der Waals surface area contributed by atoms with Gasteiger partial charge in [-0.2, -0.15) is 0 Å². The molecule has 2 nitrogen and oxygen atoms in total. The van der Waals surface area contributed by atoms with Crippen molar-refractivity contribution in [3.63, 3.8) is 0 Å². The zero-order valence-electron chi connectivity index (χ0n) is 12.8. The minimum atomic E-state index is -0.267. The minimum Gasteiger partial charge on any atom is -0.462 e. The number of hydrogen-bond donors (Lipinski definition) is 0. The van der Waals surface area contributed by atoms with Gasteiger partial charge in [-0.1, -0.05) is 66.2 Å². The second kappa shape index (κ2) is 7.95. The van der Waals surface area contributed by atoms with E-state index < -0.39 is 0 Å². The van der Waals surface area contributed by atoms with E-state index in [1.165, 1.54) is 0 Å². The van der Waals surface area contributed by atoms with E-state index in [0.29, 0.717) is 18.1 Å². The molecule has 0 aliphatic carbocycles. The van der Waals surface area contributed by atoms with Crippen molar-refractivity contribution in [1.82, 2.24) is 0 Å². The topological polar surface area (TPSA) is 26.3 Å². The number of rotatable bonds is 5. The summed E-state index contributed by atoms with van der Waals surface area (Å²) < 4.78 is 6.27. The van der Waals surface area contributed by atoms with E-state index in [9.17, 15) is 4.79 Å². The van der Waals surface area contributed by atoms with Crippen molar-refractivity contribution in [1.29, 1.82) is 0 Å². The second-order valence-corrected chi connectivity index (χ2v) is 6.41. The number of esters is 1. The van der Waals surface area contributed by atoms with Crippen molar-refractivity contribution in [2.24, 2.45) is 5.92 Å². The Morgan fingerprint density at radius 2 is 1.50 bits per heavy atom. The average molecular weight is 359 g/mol. The van der Waals surface area contributed by atoms with Gasteiger partial charge < -0.3 is 4.74 Å². The summed E-state index contributed by atoms with van der Waals surface area (Å²) in [5, 5.41) is 0.